The monoisotopic (exact) mass is 432 g/mol. The van der Waals surface area contributed by atoms with Gasteiger partial charge in [0.2, 0.25) is 11.7 Å². The van der Waals surface area contributed by atoms with Crippen LogP contribution in [-0.2, 0) is 17.9 Å². The van der Waals surface area contributed by atoms with Crippen molar-refractivity contribution in [3.8, 4) is 22.8 Å². The quantitative estimate of drug-likeness (QED) is 0.502. The van der Waals surface area contributed by atoms with Crippen LogP contribution in [0.4, 0.5) is 4.39 Å². The summed E-state index contributed by atoms with van der Waals surface area (Å²) in [5.41, 5.74) is 2.72. The molecule has 2 heterocycles. The molecule has 0 aliphatic rings. The standard InChI is InChI=1S/C24H21FN4O3/c1-15-12-16(2)29(14-20(30)26-13-17-8-10-19(25)11-9-17)24(31)21(15)23-27-22(28-32-23)18-6-4-3-5-7-18/h3-12H,13-14H2,1-2H3,(H,26,30). The number of carbonyl (C=O) groups excluding carboxylic acids is 1. The molecule has 1 amide bonds. The van der Waals surface area contributed by atoms with Crippen molar-refractivity contribution in [1.82, 2.24) is 20.0 Å². The molecule has 7 nitrogen and oxygen atoms in total. The highest BCUT2D eigenvalue weighted by Gasteiger charge is 2.20. The topological polar surface area (TPSA) is 90.0 Å². The molecule has 1 N–H and O–H groups in total. The fourth-order valence-electron chi connectivity index (χ4n) is 3.42. The summed E-state index contributed by atoms with van der Waals surface area (Å²) in [6.07, 6.45) is 0. The van der Waals surface area contributed by atoms with Crippen LogP contribution in [0.15, 0.2) is 70.0 Å². The normalized spacial score (nSPS) is 10.8. The number of benzene rings is 2. The lowest BCUT2D eigenvalue weighted by molar-refractivity contribution is -0.121. The molecule has 2 aromatic heterocycles. The van der Waals surface area contributed by atoms with Crippen LogP contribution in [0.3, 0.4) is 0 Å². The molecule has 0 spiro atoms. The van der Waals surface area contributed by atoms with Crippen molar-refractivity contribution in [3.05, 3.63) is 93.7 Å². The molecule has 4 rings (SSSR count). The predicted molar refractivity (Wildman–Crippen MR) is 117 cm³/mol. The zero-order valence-electron chi connectivity index (χ0n) is 17.6. The van der Waals surface area contributed by atoms with Gasteiger partial charge in [-0.05, 0) is 43.2 Å². The number of carbonyl (C=O) groups is 1. The first-order valence-electron chi connectivity index (χ1n) is 10.0. The van der Waals surface area contributed by atoms with E-state index < -0.39 is 0 Å². The van der Waals surface area contributed by atoms with Gasteiger partial charge in [0.05, 0.1) is 0 Å². The number of nitrogens with one attached hydrogen (secondary N) is 1. The number of pyridine rings is 1. The minimum atomic E-state index is -0.386. The van der Waals surface area contributed by atoms with Crippen LogP contribution in [0.2, 0.25) is 0 Å². The molecule has 0 radical (unpaired) electrons. The van der Waals surface area contributed by atoms with Crippen LogP contribution in [0, 0.1) is 19.7 Å². The third-order valence-corrected chi connectivity index (χ3v) is 5.08. The summed E-state index contributed by atoms with van der Waals surface area (Å²) >= 11 is 0. The Morgan fingerprint density at radius 3 is 2.53 bits per heavy atom. The molecule has 0 saturated heterocycles. The number of aromatic nitrogens is 3. The number of nitrogens with zero attached hydrogens (tertiary/aromatic N) is 3. The fourth-order valence-corrected chi connectivity index (χ4v) is 3.42. The van der Waals surface area contributed by atoms with E-state index >= 15 is 0 Å². The highest BCUT2D eigenvalue weighted by Crippen LogP contribution is 2.22. The molecule has 2 aromatic carbocycles. The van der Waals surface area contributed by atoms with Gasteiger partial charge in [0.15, 0.2) is 0 Å². The predicted octanol–water partition coefficient (Wildman–Crippen LogP) is 3.64. The van der Waals surface area contributed by atoms with Gasteiger partial charge in [0.1, 0.15) is 17.9 Å². The van der Waals surface area contributed by atoms with Gasteiger partial charge in [-0.15, -0.1) is 0 Å². The van der Waals surface area contributed by atoms with E-state index in [-0.39, 0.29) is 41.8 Å². The van der Waals surface area contributed by atoms with Crippen LogP contribution < -0.4 is 10.9 Å². The number of hydrogen-bond donors (Lipinski definition) is 1. The molecule has 0 atom stereocenters. The number of halogens is 1. The van der Waals surface area contributed by atoms with Crippen molar-refractivity contribution >= 4 is 5.91 Å². The Balaban J connectivity index is 1.57. The Bertz CT molecular complexity index is 1310. The molecule has 0 unspecified atom stereocenters. The second-order valence-corrected chi connectivity index (χ2v) is 7.43. The Morgan fingerprint density at radius 1 is 1.09 bits per heavy atom. The van der Waals surface area contributed by atoms with Crippen LogP contribution in [0.25, 0.3) is 22.8 Å². The van der Waals surface area contributed by atoms with Crippen molar-refractivity contribution in [1.29, 1.82) is 0 Å². The Labute approximate surface area is 183 Å². The van der Waals surface area contributed by atoms with Gasteiger partial charge in [-0.2, -0.15) is 4.98 Å². The molecular formula is C24H21FN4O3. The summed E-state index contributed by atoms with van der Waals surface area (Å²) in [5, 5.41) is 6.74. The lowest BCUT2D eigenvalue weighted by Gasteiger charge is -2.13. The van der Waals surface area contributed by atoms with E-state index in [1.807, 2.05) is 30.3 Å². The summed E-state index contributed by atoms with van der Waals surface area (Å²) in [7, 11) is 0. The molecular weight excluding hydrogens is 411 g/mol. The van der Waals surface area contributed by atoms with E-state index in [1.54, 1.807) is 32.0 Å². The van der Waals surface area contributed by atoms with Crippen molar-refractivity contribution in [3.63, 3.8) is 0 Å². The van der Waals surface area contributed by atoms with Crippen LogP contribution in [0.5, 0.6) is 0 Å². The molecule has 4 aromatic rings. The smallest absolute Gasteiger partial charge is 0.264 e. The highest BCUT2D eigenvalue weighted by atomic mass is 19.1. The minimum Gasteiger partial charge on any atom is -0.350 e. The Kier molecular flexibility index (Phi) is 5.93. The van der Waals surface area contributed by atoms with E-state index in [9.17, 15) is 14.0 Å². The van der Waals surface area contributed by atoms with Gasteiger partial charge in [0, 0.05) is 17.8 Å². The molecule has 0 bridgehead atoms. The highest BCUT2D eigenvalue weighted by molar-refractivity contribution is 5.76. The Hall–Kier alpha value is -4.07. The summed E-state index contributed by atoms with van der Waals surface area (Å²) in [6.45, 7) is 3.61. The largest absolute Gasteiger partial charge is 0.350 e. The fraction of sp³-hybridized carbons (Fsp3) is 0.167. The van der Waals surface area contributed by atoms with Crippen molar-refractivity contribution in [2.24, 2.45) is 0 Å². The zero-order valence-corrected chi connectivity index (χ0v) is 17.6. The summed E-state index contributed by atoms with van der Waals surface area (Å²) in [6, 6.07) is 17.0. The van der Waals surface area contributed by atoms with Crippen molar-refractivity contribution in [2.75, 3.05) is 0 Å². The molecule has 0 fully saturated rings. The minimum absolute atomic E-state index is 0.104. The van der Waals surface area contributed by atoms with E-state index in [0.717, 1.165) is 11.1 Å². The number of aryl methyl sites for hydroxylation is 2. The van der Waals surface area contributed by atoms with Crippen LogP contribution in [0.1, 0.15) is 16.8 Å². The molecule has 32 heavy (non-hydrogen) atoms. The van der Waals surface area contributed by atoms with Gasteiger partial charge in [-0.1, -0.05) is 47.6 Å². The van der Waals surface area contributed by atoms with E-state index in [4.69, 9.17) is 4.52 Å². The number of amides is 1. The average Bonchev–Trinajstić information content (AvgIpc) is 3.26. The van der Waals surface area contributed by atoms with Crippen molar-refractivity contribution in [2.45, 2.75) is 26.9 Å². The Morgan fingerprint density at radius 2 is 1.81 bits per heavy atom. The second kappa shape index (κ2) is 8.97. The van der Waals surface area contributed by atoms with E-state index in [2.05, 4.69) is 15.5 Å². The lowest BCUT2D eigenvalue weighted by Crippen LogP contribution is -2.34. The number of rotatable bonds is 6. The third-order valence-electron chi connectivity index (χ3n) is 5.08. The first-order valence-corrected chi connectivity index (χ1v) is 10.0. The summed E-state index contributed by atoms with van der Waals surface area (Å²) in [5.74, 6) is -0.203. The van der Waals surface area contributed by atoms with Crippen LogP contribution in [-0.4, -0.2) is 20.6 Å². The summed E-state index contributed by atoms with van der Waals surface area (Å²) < 4.78 is 19.8. The lowest BCUT2D eigenvalue weighted by atomic mass is 10.1. The molecule has 162 valence electrons. The van der Waals surface area contributed by atoms with Gasteiger partial charge in [-0.25, -0.2) is 4.39 Å². The zero-order chi connectivity index (χ0) is 22.7. The van der Waals surface area contributed by atoms with Crippen molar-refractivity contribution < 1.29 is 13.7 Å². The SMILES string of the molecule is Cc1cc(C)n(CC(=O)NCc2ccc(F)cc2)c(=O)c1-c1nc(-c2ccccc2)no1. The van der Waals surface area contributed by atoms with Gasteiger partial charge in [0.25, 0.3) is 11.4 Å². The maximum absolute atomic E-state index is 13.2. The maximum atomic E-state index is 13.2. The van der Waals surface area contributed by atoms with E-state index in [1.165, 1.54) is 16.7 Å². The van der Waals surface area contributed by atoms with Gasteiger partial charge in [-0.3, -0.25) is 9.59 Å². The van der Waals surface area contributed by atoms with Gasteiger partial charge < -0.3 is 14.4 Å². The average molecular weight is 432 g/mol. The first kappa shape index (κ1) is 21.2. The molecule has 0 aliphatic carbocycles. The maximum Gasteiger partial charge on any atom is 0.264 e. The van der Waals surface area contributed by atoms with Gasteiger partial charge >= 0.3 is 0 Å². The first-order chi connectivity index (χ1) is 15.4. The van der Waals surface area contributed by atoms with E-state index in [0.29, 0.717) is 17.1 Å². The number of hydrogen-bond acceptors (Lipinski definition) is 5. The summed E-state index contributed by atoms with van der Waals surface area (Å²) in [4.78, 5) is 30.1. The molecule has 8 heteroatoms. The molecule has 0 saturated carbocycles. The van der Waals surface area contributed by atoms with Crippen LogP contribution >= 0.6 is 0 Å². The molecule has 0 aliphatic heterocycles. The third kappa shape index (κ3) is 4.49. The second-order valence-electron chi connectivity index (χ2n) is 7.43.